The summed E-state index contributed by atoms with van der Waals surface area (Å²) in [5.74, 6) is -0.235. The van der Waals surface area contributed by atoms with Crippen LogP contribution >= 0.6 is 11.6 Å². The molecular formula is C29H26ClN3O3. The van der Waals surface area contributed by atoms with Crippen LogP contribution in [0.25, 0.3) is 0 Å². The molecule has 0 aliphatic carbocycles. The van der Waals surface area contributed by atoms with E-state index in [-0.39, 0.29) is 25.0 Å². The van der Waals surface area contributed by atoms with Crippen molar-refractivity contribution in [3.05, 3.63) is 131 Å². The number of hydrogen-bond donors (Lipinski definition) is 1. The highest BCUT2D eigenvalue weighted by atomic mass is 35.5. The maximum Gasteiger partial charge on any atom is 0.261 e. The number of rotatable bonds is 10. The number of ether oxygens (including phenoxy) is 1. The Morgan fingerprint density at radius 3 is 2.22 bits per heavy atom. The first-order valence-corrected chi connectivity index (χ1v) is 11.9. The Kier molecular flexibility index (Phi) is 8.67. The van der Waals surface area contributed by atoms with Gasteiger partial charge < -0.3 is 15.0 Å². The van der Waals surface area contributed by atoms with Crippen LogP contribution in [0.15, 0.2) is 109 Å². The molecule has 182 valence electrons. The Hall–Kier alpha value is -4.16. The lowest BCUT2D eigenvalue weighted by atomic mass is 10.0. The van der Waals surface area contributed by atoms with Crippen LogP contribution < -0.4 is 10.1 Å². The van der Waals surface area contributed by atoms with Gasteiger partial charge in [0, 0.05) is 25.5 Å². The first-order chi connectivity index (χ1) is 17.6. The second-order valence-electron chi connectivity index (χ2n) is 8.12. The van der Waals surface area contributed by atoms with E-state index in [1.54, 1.807) is 41.6 Å². The molecule has 1 heterocycles. The number of nitrogens with zero attached hydrogens (tertiary/aromatic N) is 2. The Balaban J connectivity index is 1.62. The number of carbonyl (C=O) groups excluding carboxylic acids is 2. The van der Waals surface area contributed by atoms with Crippen molar-refractivity contribution >= 4 is 23.4 Å². The molecule has 1 aromatic heterocycles. The van der Waals surface area contributed by atoms with Gasteiger partial charge in [0.15, 0.2) is 6.61 Å². The van der Waals surface area contributed by atoms with Gasteiger partial charge in [0.1, 0.15) is 11.8 Å². The second-order valence-corrected chi connectivity index (χ2v) is 8.53. The average molecular weight is 500 g/mol. The summed E-state index contributed by atoms with van der Waals surface area (Å²) >= 11 is 6.21. The van der Waals surface area contributed by atoms with Gasteiger partial charge in [0.2, 0.25) is 5.91 Å². The minimum atomic E-state index is -0.870. The fourth-order valence-electron chi connectivity index (χ4n) is 3.78. The summed E-state index contributed by atoms with van der Waals surface area (Å²) in [5, 5.41) is 3.38. The van der Waals surface area contributed by atoms with E-state index in [1.165, 1.54) is 0 Å². The molecule has 4 rings (SSSR count). The zero-order valence-electron chi connectivity index (χ0n) is 19.6. The van der Waals surface area contributed by atoms with Crippen molar-refractivity contribution in [1.29, 1.82) is 0 Å². The van der Waals surface area contributed by atoms with E-state index in [1.807, 2.05) is 72.8 Å². The molecule has 1 atom stereocenters. The van der Waals surface area contributed by atoms with E-state index in [2.05, 4.69) is 10.3 Å². The standard InChI is InChI=1S/C29H26ClN3O3/c30-25-15-7-8-16-26(25)36-21-27(34)33(20-22-10-3-1-4-11-22)28(24-13-5-2-6-14-24)29(35)32-19-23-12-9-17-31-18-23/h1-18,28H,19-21H2,(H,32,35). The maximum atomic E-state index is 13.6. The highest BCUT2D eigenvalue weighted by Crippen LogP contribution is 2.26. The van der Waals surface area contributed by atoms with E-state index in [4.69, 9.17) is 16.3 Å². The quantitative estimate of drug-likeness (QED) is 0.325. The lowest BCUT2D eigenvalue weighted by Crippen LogP contribution is -2.45. The van der Waals surface area contributed by atoms with Crippen LogP contribution in [-0.2, 0) is 22.7 Å². The number of aromatic nitrogens is 1. The second kappa shape index (κ2) is 12.5. The van der Waals surface area contributed by atoms with E-state index in [9.17, 15) is 9.59 Å². The van der Waals surface area contributed by atoms with Gasteiger partial charge in [-0.2, -0.15) is 0 Å². The first kappa shape index (κ1) is 24.9. The van der Waals surface area contributed by atoms with E-state index in [0.29, 0.717) is 22.9 Å². The third kappa shape index (κ3) is 6.71. The molecule has 0 saturated carbocycles. The number of benzene rings is 3. The molecule has 0 spiro atoms. The fraction of sp³-hybridized carbons (Fsp3) is 0.138. The molecule has 0 bridgehead atoms. The Labute approximate surface area is 215 Å². The number of halogens is 1. The lowest BCUT2D eigenvalue weighted by Gasteiger charge is -2.31. The topological polar surface area (TPSA) is 71.5 Å². The van der Waals surface area contributed by atoms with Crippen LogP contribution in [-0.4, -0.2) is 28.3 Å². The van der Waals surface area contributed by atoms with Crippen LogP contribution in [0, 0.1) is 0 Å². The van der Waals surface area contributed by atoms with Gasteiger partial charge in [-0.05, 0) is 34.9 Å². The summed E-state index contributed by atoms with van der Waals surface area (Å²) in [5.41, 5.74) is 2.45. The van der Waals surface area contributed by atoms with E-state index in [0.717, 1.165) is 11.1 Å². The molecule has 0 saturated heterocycles. The number of amides is 2. The zero-order chi connectivity index (χ0) is 25.2. The van der Waals surface area contributed by atoms with Crippen molar-refractivity contribution in [3.8, 4) is 5.75 Å². The molecule has 3 aromatic carbocycles. The molecule has 36 heavy (non-hydrogen) atoms. The third-order valence-corrected chi connectivity index (χ3v) is 5.88. The lowest BCUT2D eigenvalue weighted by molar-refractivity contribution is -0.143. The molecule has 1 N–H and O–H groups in total. The van der Waals surface area contributed by atoms with Crippen molar-refractivity contribution in [1.82, 2.24) is 15.2 Å². The highest BCUT2D eigenvalue weighted by molar-refractivity contribution is 6.32. The van der Waals surface area contributed by atoms with Gasteiger partial charge >= 0.3 is 0 Å². The van der Waals surface area contributed by atoms with Gasteiger partial charge in [-0.3, -0.25) is 14.6 Å². The molecule has 1 unspecified atom stereocenters. The monoisotopic (exact) mass is 499 g/mol. The van der Waals surface area contributed by atoms with Crippen molar-refractivity contribution in [2.24, 2.45) is 0 Å². The summed E-state index contributed by atoms with van der Waals surface area (Å²) in [7, 11) is 0. The van der Waals surface area contributed by atoms with Gasteiger partial charge in [-0.15, -0.1) is 0 Å². The third-order valence-electron chi connectivity index (χ3n) is 5.57. The number of nitrogens with one attached hydrogen (secondary N) is 1. The maximum absolute atomic E-state index is 13.6. The van der Waals surface area contributed by atoms with Crippen molar-refractivity contribution in [3.63, 3.8) is 0 Å². The Bertz CT molecular complexity index is 1270. The summed E-state index contributed by atoms with van der Waals surface area (Å²) in [6.45, 7) is 0.251. The SMILES string of the molecule is O=C(NCc1cccnc1)C(c1ccccc1)N(Cc1ccccc1)C(=O)COc1ccccc1Cl. The van der Waals surface area contributed by atoms with Crippen LogP contribution in [0.1, 0.15) is 22.7 Å². The normalized spacial score (nSPS) is 11.4. The predicted octanol–water partition coefficient (Wildman–Crippen LogP) is 5.20. The average Bonchev–Trinajstić information content (AvgIpc) is 2.92. The molecule has 0 fully saturated rings. The smallest absolute Gasteiger partial charge is 0.261 e. The van der Waals surface area contributed by atoms with Gasteiger partial charge in [-0.1, -0.05) is 90.5 Å². The van der Waals surface area contributed by atoms with Crippen molar-refractivity contribution in [2.45, 2.75) is 19.1 Å². The fourth-order valence-corrected chi connectivity index (χ4v) is 3.97. The molecule has 4 aromatic rings. The number of para-hydroxylation sites is 1. The predicted molar refractivity (Wildman–Crippen MR) is 139 cm³/mol. The molecule has 7 heteroatoms. The summed E-state index contributed by atoms with van der Waals surface area (Å²) in [6.07, 6.45) is 3.37. The number of hydrogen-bond acceptors (Lipinski definition) is 4. The number of carbonyl (C=O) groups is 2. The molecule has 0 aliphatic heterocycles. The molecule has 0 aliphatic rings. The van der Waals surface area contributed by atoms with Gasteiger partial charge in [0.25, 0.3) is 5.91 Å². The van der Waals surface area contributed by atoms with Crippen LogP contribution in [0.5, 0.6) is 5.75 Å². The Morgan fingerprint density at radius 2 is 1.53 bits per heavy atom. The highest BCUT2D eigenvalue weighted by Gasteiger charge is 2.31. The van der Waals surface area contributed by atoms with Crippen LogP contribution in [0.2, 0.25) is 5.02 Å². The summed E-state index contributed by atoms with van der Waals surface area (Å²) < 4.78 is 5.75. The molecule has 0 radical (unpaired) electrons. The van der Waals surface area contributed by atoms with Crippen molar-refractivity contribution in [2.75, 3.05) is 6.61 Å². The largest absolute Gasteiger partial charge is 0.482 e. The molecular weight excluding hydrogens is 474 g/mol. The Morgan fingerprint density at radius 1 is 0.861 bits per heavy atom. The summed E-state index contributed by atoms with van der Waals surface area (Å²) in [6, 6.07) is 28.6. The van der Waals surface area contributed by atoms with E-state index < -0.39 is 6.04 Å². The summed E-state index contributed by atoms with van der Waals surface area (Å²) in [4.78, 5) is 32.8. The first-order valence-electron chi connectivity index (χ1n) is 11.5. The van der Waals surface area contributed by atoms with Crippen LogP contribution in [0.4, 0.5) is 0 Å². The minimum Gasteiger partial charge on any atom is -0.482 e. The van der Waals surface area contributed by atoms with Crippen molar-refractivity contribution < 1.29 is 14.3 Å². The van der Waals surface area contributed by atoms with Crippen LogP contribution in [0.3, 0.4) is 0 Å². The van der Waals surface area contributed by atoms with Gasteiger partial charge in [-0.25, -0.2) is 0 Å². The number of pyridine rings is 1. The molecule has 2 amide bonds. The molecule has 6 nitrogen and oxygen atoms in total. The van der Waals surface area contributed by atoms with E-state index >= 15 is 0 Å². The minimum absolute atomic E-state index is 0.228. The zero-order valence-corrected chi connectivity index (χ0v) is 20.3. The van der Waals surface area contributed by atoms with Gasteiger partial charge in [0.05, 0.1) is 5.02 Å².